The minimum absolute atomic E-state index is 0.207. The molecule has 6 nitrogen and oxygen atoms in total. The molecule has 1 aromatic carbocycles. The Kier molecular flexibility index (Phi) is 5.48. The molecule has 1 amide bonds. The van der Waals surface area contributed by atoms with E-state index in [9.17, 15) is 13.2 Å². The first-order valence-corrected chi connectivity index (χ1v) is 10.3. The molecule has 0 saturated heterocycles. The zero-order valence-electron chi connectivity index (χ0n) is 15.1. The highest BCUT2D eigenvalue weighted by Gasteiger charge is 2.35. The van der Waals surface area contributed by atoms with Crippen molar-refractivity contribution in [3.8, 4) is 0 Å². The van der Waals surface area contributed by atoms with E-state index >= 15 is 0 Å². The second kappa shape index (κ2) is 7.63. The van der Waals surface area contributed by atoms with E-state index in [0.717, 1.165) is 18.4 Å². The number of carbonyl (C=O) groups excluding carboxylic acids is 1. The average Bonchev–Trinajstić information content (AvgIpc) is 3.18. The van der Waals surface area contributed by atoms with Crippen LogP contribution in [0.15, 0.2) is 41.4 Å². The Morgan fingerprint density at radius 2 is 1.88 bits per heavy atom. The molecule has 26 heavy (non-hydrogen) atoms. The van der Waals surface area contributed by atoms with E-state index in [1.54, 1.807) is 30.3 Å². The number of ether oxygens (including phenoxy) is 1. The molecule has 1 atom stereocenters. The van der Waals surface area contributed by atoms with Crippen LogP contribution in [0.25, 0.3) is 0 Å². The number of fused-ring (bicyclic) bond motifs is 1. The van der Waals surface area contributed by atoms with Gasteiger partial charge in [-0.25, -0.2) is 12.4 Å². The molecule has 1 aromatic heterocycles. The van der Waals surface area contributed by atoms with Gasteiger partial charge in [0.25, 0.3) is 15.9 Å². The second-order valence-electron chi connectivity index (χ2n) is 6.51. The van der Waals surface area contributed by atoms with Crippen LogP contribution in [0.2, 0.25) is 0 Å². The molecule has 2 heterocycles. The topological polar surface area (TPSA) is 77.4 Å². The van der Waals surface area contributed by atoms with E-state index in [4.69, 9.17) is 4.74 Å². The van der Waals surface area contributed by atoms with Gasteiger partial charge in [-0.3, -0.25) is 4.79 Å². The van der Waals surface area contributed by atoms with Crippen molar-refractivity contribution in [1.29, 1.82) is 0 Å². The summed E-state index contributed by atoms with van der Waals surface area (Å²) in [5.74, 6) is -0.239. The maximum atomic E-state index is 13.0. The van der Waals surface area contributed by atoms with Crippen molar-refractivity contribution in [2.45, 2.75) is 44.0 Å². The highest BCUT2D eigenvalue weighted by Crippen LogP contribution is 2.31. The zero-order chi connectivity index (χ0) is 18.7. The molecule has 1 aliphatic rings. The van der Waals surface area contributed by atoms with E-state index < -0.39 is 10.0 Å². The number of amides is 1. The standard InChI is InChI=1S/C19H24N2O4S/c1-3-4-12-25-13-10-17-18-16(19(22)20-17)9-11-21(18)26(23,24)15-7-5-14(2)6-8-15/h5-9,11,17H,3-4,10,12-13H2,1-2H3,(H,20,22)/t17-/m1/s1. The van der Waals surface area contributed by atoms with E-state index in [-0.39, 0.29) is 16.8 Å². The average molecular weight is 376 g/mol. The summed E-state index contributed by atoms with van der Waals surface area (Å²) in [6.07, 6.45) is 4.04. The number of hydrogen-bond acceptors (Lipinski definition) is 4. The first kappa shape index (κ1) is 18.7. The van der Waals surface area contributed by atoms with Gasteiger partial charge in [0, 0.05) is 19.4 Å². The molecule has 0 bridgehead atoms. The molecule has 1 N–H and O–H groups in total. The van der Waals surface area contributed by atoms with E-state index in [1.807, 2.05) is 6.92 Å². The molecule has 0 unspecified atom stereocenters. The fraction of sp³-hybridized carbons (Fsp3) is 0.421. The van der Waals surface area contributed by atoms with Gasteiger partial charge in [0.15, 0.2) is 0 Å². The second-order valence-corrected chi connectivity index (χ2v) is 8.32. The van der Waals surface area contributed by atoms with Crippen molar-refractivity contribution >= 4 is 15.9 Å². The Bertz CT molecular complexity index is 885. The van der Waals surface area contributed by atoms with Crippen molar-refractivity contribution in [3.05, 3.63) is 53.3 Å². The van der Waals surface area contributed by atoms with E-state index in [2.05, 4.69) is 12.2 Å². The molecule has 140 valence electrons. The number of rotatable bonds is 8. The van der Waals surface area contributed by atoms with Crippen LogP contribution in [0, 0.1) is 6.92 Å². The maximum Gasteiger partial charge on any atom is 0.267 e. The maximum absolute atomic E-state index is 13.0. The molecule has 0 fully saturated rings. The number of carbonyl (C=O) groups is 1. The smallest absolute Gasteiger partial charge is 0.267 e. The van der Waals surface area contributed by atoms with Gasteiger partial charge >= 0.3 is 0 Å². The monoisotopic (exact) mass is 376 g/mol. The molecule has 2 aromatic rings. The summed E-state index contributed by atoms with van der Waals surface area (Å²) in [5, 5.41) is 2.86. The lowest BCUT2D eigenvalue weighted by Crippen LogP contribution is -2.24. The van der Waals surface area contributed by atoms with Crippen LogP contribution in [0.1, 0.15) is 53.8 Å². The lowest BCUT2D eigenvalue weighted by molar-refractivity contribution is 0.0933. The van der Waals surface area contributed by atoms with E-state index in [1.165, 1.54) is 10.2 Å². The molecule has 0 radical (unpaired) electrons. The van der Waals surface area contributed by atoms with Gasteiger partial charge in [-0.05, 0) is 38.0 Å². The Morgan fingerprint density at radius 3 is 2.58 bits per heavy atom. The van der Waals surface area contributed by atoms with Crippen LogP contribution < -0.4 is 5.32 Å². The highest BCUT2D eigenvalue weighted by atomic mass is 32.2. The Hall–Kier alpha value is -2.12. The van der Waals surface area contributed by atoms with Gasteiger partial charge in [0.2, 0.25) is 0 Å². The summed E-state index contributed by atoms with van der Waals surface area (Å²) in [6, 6.07) is 7.90. The predicted octanol–water partition coefficient (Wildman–Crippen LogP) is 3.02. The first-order valence-electron chi connectivity index (χ1n) is 8.87. The van der Waals surface area contributed by atoms with Gasteiger partial charge in [0.1, 0.15) is 0 Å². The third-order valence-corrected chi connectivity index (χ3v) is 6.25. The highest BCUT2D eigenvalue weighted by molar-refractivity contribution is 7.90. The lowest BCUT2D eigenvalue weighted by Gasteiger charge is -2.16. The summed E-state index contributed by atoms with van der Waals surface area (Å²) in [4.78, 5) is 12.4. The van der Waals surface area contributed by atoms with Crippen molar-refractivity contribution in [3.63, 3.8) is 0 Å². The molecule has 3 rings (SSSR count). The van der Waals surface area contributed by atoms with Crippen molar-refractivity contribution < 1.29 is 17.9 Å². The van der Waals surface area contributed by atoms with Crippen LogP contribution in [0.4, 0.5) is 0 Å². The number of hydrogen-bond donors (Lipinski definition) is 1. The number of aromatic nitrogens is 1. The summed E-state index contributed by atoms with van der Waals surface area (Å²) in [6.45, 7) is 5.14. The summed E-state index contributed by atoms with van der Waals surface area (Å²) in [7, 11) is -3.75. The largest absolute Gasteiger partial charge is 0.381 e. The summed E-state index contributed by atoms with van der Waals surface area (Å²) in [5.41, 5.74) is 1.90. The molecule has 0 saturated carbocycles. The lowest BCUT2D eigenvalue weighted by atomic mass is 10.1. The minimum atomic E-state index is -3.75. The molecular weight excluding hydrogens is 352 g/mol. The number of aryl methyl sites for hydroxylation is 1. The van der Waals surface area contributed by atoms with Gasteiger partial charge in [-0.1, -0.05) is 31.0 Å². The third kappa shape index (κ3) is 3.54. The fourth-order valence-corrected chi connectivity index (χ4v) is 4.47. The number of benzene rings is 1. The van der Waals surface area contributed by atoms with Gasteiger partial charge < -0.3 is 10.1 Å². The van der Waals surface area contributed by atoms with Crippen LogP contribution in [-0.2, 0) is 14.8 Å². The number of nitrogens with one attached hydrogen (secondary N) is 1. The zero-order valence-corrected chi connectivity index (χ0v) is 15.9. The van der Waals surface area contributed by atoms with Crippen LogP contribution in [0.3, 0.4) is 0 Å². The van der Waals surface area contributed by atoms with Gasteiger partial charge in [0.05, 0.1) is 22.2 Å². The predicted molar refractivity (Wildman–Crippen MR) is 98.7 cm³/mol. The molecule has 7 heteroatoms. The molecule has 0 spiro atoms. The van der Waals surface area contributed by atoms with Crippen molar-refractivity contribution in [2.24, 2.45) is 0 Å². The Morgan fingerprint density at radius 1 is 1.15 bits per heavy atom. The van der Waals surface area contributed by atoms with Crippen LogP contribution in [0.5, 0.6) is 0 Å². The summed E-state index contributed by atoms with van der Waals surface area (Å²) >= 11 is 0. The van der Waals surface area contributed by atoms with Gasteiger partial charge in [-0.15, -0.1) is 0 Å². The minimum Gasteiger partial charge on any atom is -0.381 e. The Labute approximate surface area is 154 Å². The molecular formula is C19H24N2O4S. The van der Waals surface area contributed by atoms with Gasteiger partial charge in [-0.2, -0.15) is 0 Å². The van der Waals surface area contributed by atoms with Crippen LogP contribution in [-0.4, -0.2) is 31.5 Å². The first-order chi connectivity index (χ1) is 12.4. The normalized spacial score (nSPS) is 16.5. The van der Waals surface area contributed by atoms with Crippen molar-refractivity contribution in [1.82, 2.24) is 9.29 Å². The van der Waals surface area contributed by atoms with E-state index in [0.29, 0.717) is 30.9 Å². The number of unbranched alkanes of at least 4 members (excludes halogenated alkanes) is 1. The molecule has 0 aliphatic carbocycles. The third-order valence-electron chi connectivity index (χ3n) is 4.54. The summed E-state index contributed by atoms with van der Waals surface area (Å²) < 4.78 is 32.9. The number of nitrogens with zero attached hydrogens (tertiary/aromatic N) is 1. The fourth-order valence-electron chi connectivity index (χ4n) is 3.06. The quantitative estimate of drug-likeness (QED) is 0.719. The SMILES string of the molecule is CCCCOCC[C@H]1NC(=O)c2ccn(S(=O)(=O)c3ccc(C)cc3)c21. The van der Waals surface area contributed by atoms with Crippen molar-refractivity contribution in [2.75, 3.05) is 13.2 Å². The van der Waals surface area contributed by atoms with Crippen LogP contribution >= 0.6 is 0 Å². The Balaban J connectivity index is 1.86. The molecule has 1 aliphatic heterocycles.